The lowest BCUT2D eigenvalue weighted by atomic mass is 9.88. The first-order valence-electron chi connectivity index (χ1n) is 11.0. The zero-order chi connectivity index (χ0) is 22.1. The van der Waals surface area contributed by atoms with E-state index in [-0.39, 0.29) is 17.0 Å². The van der Waals surface area contributed by atoms with Gasteiger partial charge in [0.2, 0.25) is 0 Å². The quantitative estimate of drug-likeness (QED) is 0.350. The van der Waals surface area contributed by atoms with E-state index in [9.17, 15) is 4.79 Å². The Morgan fingerprint density at radius 2 is 1.80 bits per heavy atom. The summed E-state index contributed by atoms with van der Waals surface area (Å²) in [4.78, 5) is 14.9. The Kier molecular flexibility index (Phi) is 6.80. The molecule has 1 fully saturated rings. The minimum absolute atomic E-state index is 0.162. The fraction of sp³-hybridized carbons (Fsp3) is 0.625. The molecule has 2 bridgehead atoms. The van der Waals surface area contributed by atoms with Crippen LogP contribution in [-0.2, 0) is 14.0 Å². The molecule has 0 N–H and O–H groups in total. The Bertz CT molecular complexity index is 794. The standard InChI is InChI=1S/C24H37NO4Si/c1-24(2,3)30(6,7)29-15-14-28-19-11-8-17(9-12-19)20-16-18-10-13-21(25(18)4)22(20)23(26)27-5/h8-9,11-12,18,21H,10,13-16H2,1-7H3. The van der Waals surface area contributed by atoms with Crippen molar-refractivity contribution >= 4 is 19.9 Å². The van der Waals surface area contributed by atoms with Crippen LogP contribution in [0, 0.1) is 0 Å². The van der Waals surface area contributed by atoms with E-state index in [4.69, 9.17) is 13.9 Å². The van der Waals surface area contributed by atoms with Gasteiger partial charge in [0.15, 0.2) is 8.32 Å². The van der Waals surface area contributed by atoms with Crippen molar-refractivity contribution in [2.75, 3.05) is 27.4 Å². The Hall–Kier alpha value is -1.63. The molecule has 5 nitrogen and oxygen atoms in total. The monoisotopic (exact) mass is 431 g/mol. The van der Waals surface area contributed by atoms with Gasteiger partial charge in [-0.1, -0.05) is 32.9 Å². The van der Waals surface area contributed by atoms with Gasteiger partial charge in [0.05, 0.1) is 19.3 Å². The van der Waals surface area contributed by atoms with Crippen molar-refractivity contribution in [3.63, 3.8) is 0 Å². The highest BCUT2D eigenvalue weighted by atomic mass is 28.4. The molecular formula is C24H37NO4Si. The lowest BCUT2D eigenvalue weighted by Gasteiger charge is -2.36. The smallest absolute Gasteiger partial charge is 0.335 e. The predicted octanol–water partition coefficient (Wildman–Crippen LogP) is 4.88. The molecule has 2 unspecified atom stereocenters. The van der Waals surface area contributed by atoms with Gasteiger partial charge in [-0.05, 0) is 67.7 Å². The Balaban J connectivity index is 1.66. The van der Waals surface area contributed by atoms with E-state index in [1.165, 1.54) is 7.11 Å². The second kappa shape index (κ2) is 8.85. The molecule has 0 amide bonds. The predicted molar refractivity (Wildman–Crippen MR) is 123 cm³/mol. The van der Waals surface area contributed by atoms with Crippen LogP contribution in [0.4, 0.5) is 0 Å². The van der Waals surface area contributed by atoms with Gasteiger partial charge in [0, 0.05) is 12.1 Å². The minimum Gasteiger partial charge on any atom is -0.491 e. The third-order valence-corrected chi connectivity index (χ3v) is 11.7. The van der Waals surface area contributed by atoms with E-state index in [2.05, 4.69) is 57.9 Å². The highest BCUT2D eigenvalue weighted by molar-refractivity contribution is 6.74. The van der Waals surface area contributed by atoms with Crippen LogP contribution in [0.2, 0.25) is 18.1 Å². The summed E-state index contributed by atoms with van der Waals surface area (Å²) in [7, 11) is 1.84. The number of benzene rings is 1. The van der Waals surface area contributed by atoms with Crippen LogP contribution < -0.4 is 4.74 Å². The molecule has 3 rings (SSSR count). The van der Waals surface area contributed by atoms with Crippen LogP contribution in [0.3, 0.4) is 0 Å². The number of hydrogen-bond donors (Lipinski definition) is 0. The van der Waals surface area contributed by atoms with Crippen molar-refractivity contribution in [1.29, 1.82) is 0 Å². The van der Waals surface area contributed by atoms with Crippen molar-refractivity contribution in [1.82, 2.24) is 4.90 Å². The van der Waals surface area contributed by atoms with Gasteiger partial charge in [0.1, 0.15) is 12.4 Å². The van der Waals surface area contributed by atoms with Crippen molar-refractivity contribution in [2.45, 2.75) is 70.2 Å². The molecule has 0 aromatic heterocycles. The van der Waals surface area contributed by atoms with Crippen LogP contribution in [-0.4, -0.2) is 58.6 Å². The van der Waals surface area contributed by atoms with Crippen LogP contribution in [0.25, 0.3) is 5.57 Å². The number of carbonyl (C=O) groups is 1. The Labute approximate surface area is 182 Å². The average molecular weight is 432 g/mol. The number of nitrogens with zero attached hydrogens (tertiary/aromatic N) is 1. The molecule has 1 aromatic rings. The second-order valence-electron chi connectivity index (χ2n) is 9.98. The summed E-state index contributed by atoms with van der Waals surface area (Å²) in [6.45, 7) is 12.4. The van der Waals surface area contributed by atoms with Gasteiger partial charge in [-0.25, -0.2) is 4.79 Å². The molecule has 2 atom stereocenters. The molecule has 2 heterocycles. The van der Waals surface area contributed by atoms with Gasteiger partial charge in [-0.3, -0.25) is 4.90 Å². The van der Waals surface area contributed by atoms with E-state index in [1.807, 2.05) is 12.1 Å². The van der Waals surface area contributed by atoms with Crippen molar-refractivity contribution in [3.05, 3.63) is 35.4 Å². The summed E-state index contributed by atoms with van der Waals surface area (Å²) >= 11 is 0. The first kappa shape index (κ1) is 23.0. The van der Waals surface area contributed by atoms with Crippen LogP contribution in [0.5, 0.6) is 5.75 Å². The number of esters is 1. The number of methoxy groups -OCH3 is 1. The maximum absolute atomic E-state index is 12.5. The normalized spacial score (nSPS) is 22.4. The molecule has 2 aliphatic rings. The number of rotatable bonds is 7. The average Bonchev–Trinajstić information content (AvgIpc) is 2.92. The maximum atomic E-state index is 12.5. The third kappa shape index (κ3) is 4.66. The highest BCUT2D eigenvalue weighted by Gasteiger charge is 2.42. The third-order valence-electron chi connectivity index (χ3n) is 7.17. The van der Waals surface area contributed by atoms with E-state index < -0.39 is 8.32 Å². The second-order valence-corrected chi connectivity index (χ2v) is 14.8. The summed E-state index contributed by atoms with van der Waals surface area (Å²) in [5, 5.41) is 0.202. The maximum Gasteiger partial charge on any atom is 0.335 e. The summed E-state index contributed by atoms with van der Waals surface area (Å²) < 4.78 is 17.2. The van der Waals surface area contributed by atoms with Crippen LogP contribution in [0.15, 0.2) is 29.8 Å². The molecule has 30 heavy (non-hydrogen) atoms. The van der Waals surface area contributed by atoms with Gasteiger partial charge >= 0.3 is 5.97 Å². The largest absolute Gasteiger partial charge is 0.491 e. The van der Waals surface area contributed by atoms with E-state index in [0.29, 0.717) is 19.3 Å². The van der Waals surface area contributed by atoms with E-state index in [0.717, 1.165) is 41.7 Å². The number of ether oxygens (including phenoxy) is 2. The Morgan fingerprint density at radius 1 is 1.13 bits per heavy atom. The number of carbonyl (C=O) groups excluding carboxylic acids is 1. The summed E-state index contributed by atoms with van der Waals surface area (Å²) in [6.07, 6.45) is 3.03. The Morgan fingerprint density at radius 3 is 2.40 bits per heavy atom. The number of fused-ring (bicyclic) bond motifs is 2. The molecular weight excluding hydrogens is 394 g/mol. The fourth-order valence-corrected chi connectivity index (χ4v) is 5.25. The van der Waals surface area contributed by atoms with Gasteiger partial charge in [0.25, 0.3) is 0 Å². The molecule has 1 saturated heterocycles. The lowest BCUT2D eigenvalue weighted by Crippen LogP contribution is -2.41. The molecule has 0 spiro atoms. The van der Waals surface area contributed by atoms with Crippen molar-refractivity contribution in [3.8, 4) is 5.75 Å². The zero-order valence-corrected chi connectivity index (χ0v) is 20.6. The summed E-state index contributed by atoms with van der Waals surface area (Å²) in [5.74, 6) is 0.624. The van der Waals surface area contributed by atoms with Gasteiger partial charge in [-0.15, -0.1) is 0 Å². The molecule has 0 radical (unpaired) electrons. The molecule has 1 aromatic carbocycles. The first-order chi connectivity index (χ1) is 14.0. The lowest BCUT2D eigenvalue weighted by molar-refractivity contribution is -0.136. The van der Waals surface area contributed by atoms with Crippen molar-refractivity contribution < 1.29 is 18.7 Å². The zero-order valence-electron chi connectivity index (χ0n) is 19.6. The van der Waals surface area contributed by atoms with Gasteiger partial charge in [-0.2, -0.15) is 0 Å². The number of likely N-dealkylation sites (N-methyl/N-ethyl adjacent to an activating group) is 1. The molecule has 2 aliphatic heterocycles. The topological polar surface area (TPSA) is 48.0 Å². The molecule has 166 valence electrons. The summed E-state index contributed by atoms with van der Waals surface area (Å²) in [5.41, 5.74) is 3.04. The van der Waals surface area contributed by atoms with Crippen molar-refractivity contribution in [2.24, 2.45) is 0 Å². The first-order valence-corrected chi connectivity index (χ1v) is 13.9. The molecule has 0 aliphatic carbocycles. The van der Waals surface area contributed by atoms with Crippen LogP contribution in [0.1, 0.15) is 45.6 Å². The minimum atomic E-state index is -1.74. The SMILES string of the molecule is COC(=O)C1=C(c2ccc(OCCO[Si](C)(C)C(C)(C)C)cc2)CC2CCC1N2C. The highest BCUT2D eigenvalue weighted by Crippen LogP contribution is 2.42. The van der Waals surface area contributed by atoms with Crippen LogP contribution >= 0.6 is 0 Å². The summed E-state index contributed by atoms with van der Waals surface area (Å²) in [6, 6.07) is 8.77. The fourth-order valence-electron chi connectivity index (χ4n) is 4.22. The molecule has 0 saturated carbocycles. The molecule has 6 heteroatoms. The van der Waals surface area contributed by atoms with Gasteiger partial charge < -0.3 is 13.9 Å². The van der Waals surface area contributed by atoms with E-state index >= 15 is 0 Å². The number of hydrogen-bond acceptors (Lipinski definition) is 5. The van der Waals surface area contributed by atoms with E-state index in [1.54, 1.807) is 0 Å².